The van der Waals surface area contributed by atoms with E-state index in [1.54, 1.807) is 7.11 Å². The van der Waals surface area contributed by atoms with E-state index in [4.69, 9.17) is 4.74 Å². The normalized spacial score (nSPS) is 12.7. The van der Waals surface area contributed by atoms with Crippen LogP contribution in [0.4, 0.5) is 0 Å². The van der Waals surface area contributed by atoms with Gasteiger partial charge in [0.15, 0.2) is 0 Å². The minimum absolute atomic E-state index is 0.386. The summed E-state index contributed by atoms with van der Waals surface area (Å²) >= 11 is 0. The third-order valence-corrected chi connectivity index (χ3v) is 3.15. The lowest BCUT2D eigenvalue weighted by Crippen LogP contribution is -2.31. The number of likely N-dealkylation sites (N-methyl/N-ethyl adjacent to an activating group) is 1. The Bertz CT molecular complexity index is 339. The molecule has 0 amide bonds. The third-order valence-electron chi connectivity index (χ3n) is 3.15. The largest absolute Gasteiger partial charge is 0.497 e. The maximum Gasteiger partial charge on any atom is 0.119 e. The fraction of sp³-hybridized carbons (Fsp3) is 0.600. The molecule has 3 heteroatoms. The van der Waals surface area contributed by atoms with E-state index in [0.29, 0.717) is 6.04 Å². The smallest absolute Gasteiger partial charge is 0.119 e. The number of unbranched alkanes of at least 4 members (excludes halogenated alkanes) is 1. The highest BCUT2D eigenvalue weighted by Gasteiger charge is 2.13. The summed E-state index contributed by atoms with van der Waals surface area (Å²) in [7, 11) is 5.95. The molecule has 0 saturated carbocycles. The summed E-state index contributed by atoms with van der Waals surface area (Å²) < 4.78 is 5.29. The van der Waals surface area contributed by atoms with E-state index in [-0.39, 0.29) is 0 Å². The van der Waals surface area contributed by atoms with E-state index in [1.807, 2.05) is 6.07 Å². The van der Waals surface area contributed by atoms with Crippen LogP contribution in [0.25, 0.3) is 0 Å². The average Bonchev–Trinajstić information content (AvgIpc) is 2.38. The summed E-state index contributed by atoms with van der Waals surface area (Å²) in [5.41, 5.74) is 1.29. The fourth-order valence-corrected chi connectivity index (χ4v) is 1.99. The van der Waals surface area contributed by atoms with Crippen LogP contribution in [-0.4, -0.2) is 39.2 Å². The molecule has 0 saturated heterocycles. The van der Waals surface area contributed by atoms with Gasteiger partial charge in [-0.25, -0.2) is 0 Å². The van der Waals surface area contributed by atoms with Gasteiger partial charge in [0.05, 0.1) is 7.11 Å². The molecule has 1 N–H and O–H groups in total. The molecule has 1 aromatic carbocycles. The van der Waals surface area contributed by atoms with Crippen molar-refractivity contribution in [2.45, 2.75) is 25.8 Å². The standard InChI is InChI=1S/C15H26N2O/c1-5-6-10-16-12-15(17(2)3)13-8-7-9-14(11-13)18-4/h7-9,11,15-16H,5-6,10,12H2,1-4H3. The van der Waals surface area contributed by atoms with E-state index in [1.165, 1.54) is 18.4 Å². The number of nitrogens with zero attached hydrogens (tertiary/aromatic N) is 1. The Labute approximate surface area is 111 Å². The molecule has 0 bridgehead atoms. The second-order valence-electron chi connectivity index (χ2n) is 4.81. The van der Waals surface area contributed by atoms with E-state index < -0.39 is 0 Å². The Hall–Kier alpha value is -1.06. The highest BCUT2D eigenvalue weighted by atomic mass is 16.5. The number of hydrogen-bond acceptors (Lipinski definition) is 3. The van der Waals surface area contributed by atoms with Gasteiger partial charge in [-0.2, -0.15) is 0 Å². The van der Waals surface area contributed by atoms with Crippen LogP contribution in [0.2, 0.25) is 0 Å². The average molecular weight is 250 g/mol. The molecular formula is C15H26N2O. The number of nitrogens with one attached hydrogen (secondary N) is 1. The lowest BCUT2D eigenvalue weighted by Gasteiger charge is -2.25. The maximum absolute atomic E-state index is 5.29. The molecule has 0 aliphatic rings. The van der Waals surface area contributed by atoms with Crippen LogP contribution in [0, 0.1) is 0 Å². The van der Waals surface area contributed by atoms with Crippen molar-refractivity contribution in [2.24, 2.45) is 0 Å². The summed E-state index contributed by atoms with van der Waals surface area (Å²) in [5.74, 6) is 0.924. The monoisotopic (exact) mass is 250 g/mol. The van der Waals surface area contributed by atoms with Gasteiger partial charge in [0, 0.05) is 12.6 Å². The van der Waals surface area contributed by atoms with E-state index in [2.05, 4.69) is 49.4 Å². The summed E-state index contributed by atoms with van der Waals surface area (Å²) in [6.45, 7) is 4.28. The summed E-state index contributed by atoms with van der Waals surface area (Å²) in [4.78, 5) is 2.24. The summed E-state index contributed by atoms with van der Waals surface area (Å²) in [5, 5.41) is 3.52. The Morgan fingerprint density at radius 3 is 2.72 bits per heavy atom. The Morgan fingerprint density at radius 2 is 2.11 bits per heavy atom. The third kappa shape index (κ3) is 4.67. The van der Waals surface area contributed by atoms with Gasteiger partial charge in [0.25, 0.3) is 0 Å². The van der Waals surface area contributed by atoms with E-state index >= 15 is 0 Å². The molecule has 1 atom stereocenters. The second-order valence-corrected chi connectivity index (χ2v) is 4.81. The number of ether oxygens (including phenoxy) is 1. The first-order valence-corrected chi connectivity index (χ1v) is 6.70. The predicted molar refractivity (Wildman–Crippen MR) is 77.2 cm³/mol. The van der Waals surface area contributed by atoms with Crippen molar-refractivity contribution in [2.75, 3.05) is 34.3 Å². The van der Waals surface area contributed by atoms with Gasteiger partial charge >= 0.3 is 0 Å². The van der Waals surface area contributed by atoms with Crippen molar-refractivity contribution < 1.29 is 4.74 Å². The molecule has 1 unspecified atom stereocenters. The molecule has 3 nitrogen and oxygen atoms in total. The van der Waals surface area contributed by atoms with Crippen LogP contribution in [0.3, 0.4) is 0 Å². The Balaban J connectivity index is 2.65. The number of benzene rings is 1. The molecule has 1 aromatic rings. The van der Waals surface area contributed by atoms with E-state index in [0.717, 1.165) is 18.8 Å². The maximum atomic E-state index is 5.29. The molecule has 0 aliphatic carbocycles. The first-order chi connectivity index (χ1) is 8.69. The minimum atomic E-state index is 0.386. The molecule has 0 radical (unpaired) electrons. The number of hydrogen-bond donors (Lipinski definition) is 1. The molecule has 0 aliphatic heterocycles. The van der Waals surface area contributed by atoms with Crippen LogP contribution in [0.1, 0.15) is 31.4 Å². The molecule has 0 fully saturated rings. The summed E-state index contributed by atoms with van der Waals surface area (Å²) in [6.07, 6.45) is 2.47. The van der Waals surface area contributed by atoms with Gasteiger partial charge < -0.3 is 15.0 Å². The lowest BCUT2D eigenvalue weighted by atomic mass is 10.1. The SMILES string of the molecule is CCCCNCC(c1cccc(OC)c1)N(C)C. The zero-order valence-corrected chi connectivity index (χ0v) is 12.1. The van der Waals surface area contributed by atoms with Gasteiger partial charge in [-0.15, -0.1) is 0 Å². The highest BCUT2D eigenvalue weighted by Crippen LogP contribution is 2.21. The lowest BCUT2D eigenvalue weighted by molar-refractivity contribution is 0.287. The van der Waals surface area contributed by atoms with Crippen LogP contribution in [-0.2, 0) is 0 Å². The van der Waals surface area contributed by atoms with Crippen LogP contribution >= 0.6 is 0 Å². The fourth-order valence-electron chi connectivity index (χ4n) is 1.99. The number of rotatable bonds is 8. The zero-order valence-electron chi connectivity index (χ0n) is 12.1. The molecule has 1 rings (SSSR count). The molecule has 0 heterocycles. The van der Waals surface area contributed by atoms with Crippen LogP contribution in [0.15, 0.2) is 24.3 Å². The van der Waals surface area contributed by atoms with Crippen molar-refractivity contribution in [3.63, 3.8) is 0 Å². The Kier molecular flexibility index (Phi) is 6.76. The van der Waals surface area contributed by atoms with Crippen molar-refractivity contribution in [3.8, 4) is 5.75 Å². The van der Waals surface area contributed by atoms with Crippen molar-refractivity contribution >= 4 is 0 Å². The summed E-state index contributed by atoms with van der Waals surface area (Å²) in [6, 6.07) is 8.70. The highest BCUT2D eigenvalue weighted by molar-refractivity contribution is 5.30. The van der Waals surface area contributed by atoms with Gasteiger partial charge in [-0.1, -0.05) is 25.5 Å². The quantitative estimate of drug-likeness (QED) is 0.718. The van der Waals surface area contributed by atoms with Gasteiger partial charge in [0.2, 0.25) is 0 Å². The van der Waals surface area contributed by atoms with Crippen LogP contribution < -0.4 is 10.1 Å². The molecule has 0 aromatic heterocycles. The molecule has 102 valence electrons. The molecule has 0 spiro atoms. The first-order valence-electron chi connectivity index (χ1n) is 6.70. The first kappa shape index (κ1) is 15.0. The Morgan fingerprint density at radius 1 is 1.33 bits per heavy atom. The molecular weight excluding hydrogens is 224 g/mol. The van der Waals surface area contributed by atoms with Crippen molar-refractivity contribution in [1.29, 1.82) is 0 Å². The van der Waals surface area contributed by atoms with Crippen molar-refractivity contribution in [1.82, 2.24) is 10.2 Å². The molecule has 18 heavy (non-hydrogen) atoms. The van der Waals surface area contributed by atoms with Gasteiger partial charge in [-0.3, -0.25) is 0 Å². The number of methoxy groups -OCH3 is 1. The predicted octanol–water partition coefficient (Wildman–Crippen LogP) is 2.69. The second kappa shape index (κ2) is 8.11. The van der Waals surface area contributed by atoms with Crippen molar-refractivity contribution in [3.05, 3.63) is 29.8 Å². The van der Waals surface area contributed by atoms with Crippen LogP contribution in [0.5, 0.6) is 5.75 Å². The van der Waals surface area contributed by atoms with Gasteiger partial charge in [-0.05, 0) is 44.8 Å². The zero-order chi connectivity index (χ0) is 13.4. The minimum Gasteiger partial charge on any atom is -0.497 e. The topological polar surface area (TPSA) is 24.5 Å². The van der Waals surface area contributed by atoms with Gasteiger partial charge in [0.1, 0.15) is 5.75 Å². The van der Waals surface area contributed by atoms with E-state index in [9.17, 15) is 0 Å².